The van der Waals surface area contributed by atoms with Crippen molar-refractivity contribution >= 4 is 34.7 Å². The Hall–Kier alpha value is -3.41. The minimum absolute atomic E-state index is 0.000841. The van der Waals surface area contributed by atoms with Crippen molar-refractivity contribution in [2.45, 2.75) is 33.7 Å². The molecule has 4 rings (SSSR count). The van der Waals surface area contributed by atoms with Crippen molar-refractivity contribution in [1.82, 2.24) is 9.88 Å². The number of rotatable bonds is 4. The van der Waals surface area contributed by atoms with Crippen LogP contribution in [-0.4, -0.2) is 28.7 Å². The van der Waals surface area contributed by atoms with Gasteiger partial charge in [-0.3, -0.25) is 9.59 Å². The van der Waals surface area contributed by atoms with E-state index in [0.29, 0.717) is 12.4 Å². The quantitative estimate of drug-likeness (QED) is 0.631. The third-order valence-corrected chi connectivity index (χ3v) is 6.13. The number of carbonyl (C=O) groups excluding carboxylic acids is 2. The lowest BCUT2D eigenvalue weighted by Crippen LogP contribution is -2.24. The monoisotopic (exact) mass is 417 g/mol. The van der Waals surface area contributed by atoms with Crippen molar-refractivity contribution in [3.63, 3.8) is 0 Å². The minimum Gasteiger partial charge on any atom is -0.461 e. The van der Waals surface area contributed by atoms with Gasteiger partial charge in [0.05, 0.1) is 0 Å². The SMILES string of the molecule is Cc1oc2ccccc2c1CN(C)C(=O)/C=C/c1cnc2c(c1)C[C@H](C)[C@H](C)C(=O)N2. The molecule has 160 valence electrons. The van der Waals surface area contributed by atoms with Crippen molar-refractivity contribution < 1.29 is 14.0 Å². The van der Waals surface area contributed by atoms with Gasteiger partial charge < -0.3 is 14.6 Å². The van der Waals surface area contributed by atoms with Gasteiger partial charge in [0.1, 0.15) is 17.2 Å². The molecular weight excluding hydrogens is 390 g/mol. The standard InChI is InChI=1S/C25H27N3O3/c1-15-11-19-12-18(13-26-24(19)27-25(30)16(15)2)9-10-23(29)28(4)14-21-17(3)31-22-8-6-5-7-20(21)22/h5-10,12-13,15-16H,11,14H2,1-4H3,(H,26,27,30)/b10-9+/t15-,16-/m0/s1. The fraction of sp³-hybridized carbons (Fsp3) is 0.320. The van der Waals surface area contributed by atoms with E-state index in [4.69, 9.17) is 4.42 Å². The summed E-state index contributed by atoms with van der Waals surface area (Å²) in [5.41, 5.74) is 3.68. The third kappa shape index (κ3) is 4.24. The Kier molecular flexibility index (Phi) is 5.63. The molecule has 0 unspecified atom stereocenters. The number of anilines is 1. The lowest BCUT2D eigenvalue weighted by Gasteiger charge is -2.15. The summed E-state index contributed by atoms with van der Waals surface area (Å²) < 4.78 is 5.80. The average Bonchev–Trinajstić information content (AvgIpc) is 3.02. The molecule has 0 saturated carbocycles. The third-order valence-electron chi connectivity index (χ3n) is 6.13. The second-order valence-electron chi connectivity index (χ2n) is 8.40. The maximum absolute atomic E-state index is 12.7. The summed E-state index contributed by atoms with van der Waals surface area (Å²) in [5.74, 6) is 1.50. The molecule has 2 amide bonds. The van der Waals surface area contributed by atoms with E-state index in [9.17, 15) is 9.59 Å². The van der Waals surface area contributed by atoms with Gasteiger partial charge in [0.15, 0.2) is 0 Å². The molecule has 3 heterocycles. The number of hydrogen-bond donors (Lipinski definition) is 1. The van der Waals surface area contributed by atoms with Gasteiger partial charge in [0, 0.05) is 42.7 Å². The molecule has 3 aromatic rings. The lowest BCUT2D eigenvalue weighted by atomic mass is 9.90. The number of aryl methyl sites for hydroxylation is 1. The van der Waals surface area contributed by atoms with Crippen LogP contribution < -0.4 is 5.32 Å². The summed E-state index contributed by atoms with van der Waals surface area (Å²) >= 11 is 0. The molecule has 0 saturated heterocycles. The van der Waals surface area contributed by atoms with E-state index in [1.807, 2.05) is 44.2 Å². The fourth-order valence-electron chi connectivity index (χ4n) is 3.93. The predicted molar refractivity (Wildman–Crippen MR) is 121 cm³/mol. The van der Waals surface area contributed by atoms with Crippen molar-refractivity contribution in [2.24, 2.45) is 11.8 Å². The highest BCUT2D eigenvalue weighted by atomic mass is 16.3. The summed E-state index contributed by atoms with van der Waals surface area (Å²) in [4.78, 5) is 31.0. The number of amides is 2. The molecule has 31 heavy (non-hydrogen) atoms. The van der Waals surface area contributed by atoms with Crippen LogP contribution in [0.2, 0.25) is 0 Å². The topological polar surface area (TPSA) is 75.4 Å². The van der Waals surface area contributed by atoms with E-state index in [0.717, 1.165) is 39.8 Å². The zero-order valence-corrected chi connectivity index (χ0v) is 18.3. The number of pyridine rings is 1. The Morgan fingerprint density at radius 2 is 2.10 bits per heavy atom. The number of para-hydroxylation sites is 1. The number of nitrogens with one attached hydrogen (secondary N) is 1. The van der Waals surface area contributed by atoms with Gasteiger partial charge in [-0.15, -0.1) is 0 Å². The van der Waals surface area contributed by atoms with E-state index in [1.54, 1.807) is 30.3 Å². The first-order valence-electron chi connectivity index (χ1n) is 10.5. The van der Waals surface area contributed by atoms with Crippen LogP contribution in [0.3, 0.4) is 0 Å². The van der Waals surface area contributed by atoms with Crippen LogP contribution in [0.4, 0.5) is 5.82 Å². The molecule has 1 aromatic carbocycles. The zero-order valence-electron chi connectivity index (χ0n) is 18.3. The molecule has 1 aliphatic heterocycles. The molecule has 1 aliphatic rings. The summed E-state index contributed by atoms with van der Waals surface area (Å²) in [6.07, 6.45) is 5.78. The highest BCUT2D eigenvalue weighted by Crippen LogP contribution is 2.28. The number of aromatic nitrogens is 1. The second-order valence-corrected chi connectivity index (χ2v) is 8.40. The van der Waals surface area contributed by atoms with Gasteiger partial charge in [-0.1, -0.05) is 32.0 Å². The number of furan rings is 1. The summed E-state index contributed by atoms with van der Waals surface area (Å²) in [7, 11) is 1.78. The first kappa shape index (κ1) is 20.8. The average molecular weight is 418 g/mol. The molecule has 6 nitrogen and oxygen atoms in total. The first-order chi connectivity index (χ1) is 14.8. The highest BCUT2D eigenvalue weighted by Gasteiger charge is 2.26. The van der Waals surface area contributed by atoms with Gasteiger partial charge in [0.2, 0.25) is 11.8 Å². The van der Waals surface area contributed by atoms with E-state index in [2.05, 4.69) is 17.2 Å². The largest absolute Gasteiger partial charge is 0.461 e. The van der Waals surface area contributed by atoms with Crippen LogP contribution in [0.1, 0.15) is 36.3 Å². The van der Waals surface area contributed by atoms with Crippen LogP contribution in [-0.2, 0) is 22.6 Å². The van der Waals surface area contributed by atoms with E-state index >= 15 is 0 Å². The van der Waals surface area contributed by atoms with Gasteiger partial charge in [-0.2, -0.15) is 0 Å². The molecular formula is C25H27N3O3. The summed E-state index contributed by atoms with van der Waals surface area (Å²) in [6, 6.07) is 9.85. The van der Waals surface area contributed by atoms with Gasteiger partial charge in [0.25, 0.3) is 0 Å². The maximum Gasteiger partial charge on any atom is 0.246 e. The molecule has 0 radical (unpaired) electrons. The van der Waals surface area contributed by atoms with Crippen LogP contribution in [0.25, 0.3) is 17.0 Å². The predicted octanol–water partition coefficient (Wildman–Crippen LogP) is 4.57. The van der Waals surface area contributed by atoms with Crippen LogP contribution in [0.15, 0.2) is 47.0 Å². The maximum atomic E-state index is 12.7. The smallest absolute Gasteiger partial charge is 0.246 e. The second kappa shape index (κ2) is 8.38. The molecule has 1 N–H and O–H groups in total. The normalized spacial score (nSPS) is 18.6. The fourth-order valence-corrected chi connectivity index (χ4v) is 3.93. The highest BCUT2D eigenvalue weighted by molar-refractivity contribution is 5.94. The van der Waals surface area contributed by atoms with Crippen molar-refractivity contribution in [3.05, 3.63) is 65.1 Å². The van der Waals surface area contributed by atoms with E-state index in [-0.39, 0.29) is 23.7 Å². The zero-order chi connectivity index (χ0) is 22.1. The minimum atomic E-state index is -0.102. The van der Waals surface area contributed by atoms with E-state index in [1.165, 1.54) is 0 Å². The Morgan fingerprint density at radius 1 is 1.32 bits per heavy atom. The molecule has 0 aliphatic carbocycles. The Labute approximate surface area is 182 Å². The lowest BCUT2D eigenvalue weighted by molar-refractivity contribution is -0.125. The van der Waals surface area contributed by atoms with Crippen molar-refractivity contribution in [3.8, 4) is 0 Å². The summed E-state index contributed by atoms with van der Waals surface area (Å²) in [6.45, 7) is 6.40. The van der Waals surface area contributed by atoms with Gasteiger partial charge in [-0.25, -0.2) is 4.98 Å². The Balaban J connectivity index is 1.48. The first-order valence-corrected chi connectivity index (χ1v) is 10.5. The Morgan fingerprint density at radius 3 is 2.90 bits per heavy atom. The van der Waals surface area contributed by atoms with Gasteiger partial charge >= 0.3 is 0 Å². The van der Waals surface area contributed by atoms with Crippen LogP contribution in [0, 0.1) is 18.8 Å². The number of benzene rings is 1. The van der Waals surface area contributed by atoms with Crippen molar-refractivity contribution in [1.29, 1.82) is 0 Å². The molecule has 0 bridgehead atoms. The van der Waals surface area contributed by atoms with Crippen molar-refractivity contribution in [2.75, 3.05) is 12.4 Å². The molecule has 0 fully saturated rings. The number of hydrogen-bond acceptors (Lipinski definition) is 4. The summed E-state index contributed by atoms with van der Waals surface area (Å²) in [5, 5.41) is 3.93. The molecule has 6 heteroatoms. The number of carbonyl (C=O) groups is 2. The molecule has 2 atom stereocenters. The van der Waals surface area contributed by atoms with Crippen LogP contribution >= 0.6 is 0 Å². The number of fused-ring (bicyclic) bond motifs is 2. The number of likely N-dealkylation sites (N-methyl/N-ethyl adjacent to an activating group) is 1. The van der Waals surface area contributed by atoms with Crippen LogP contribution in [0.5, 0.6) is 0 Å². The van der Waals surface area contributed by atoms with Gasteiger partial charge in [-0.05, 0) is 48.6 Å². The van der Waals surface area contributed by atoms with E-state index < -0.39 is 0 Å². The number of nitrogens with zero attached hydrogens (tertiary/aromatic N) is 2. The molecule has 2 aromatic heterocycles. The Bertz CT molecular complexity index is 1180. The molecule has 0 spiro atoms.